The molecular formula is C17H28N2OS. The highest BCUT2D eigenvalue weighted by atomic mass is 32.2. The molecule has 21 heavy (non-hydrogen) atoms. The van der Waals surface area contributed by atoms with Gasteiger partial charge in [-0.2, -0.15) is 11.8 Å². The molecule has 4 unspecified atom stereocenters. The van der Waals surface area contributed by atoms with Crippen molar-refractivity contribution in [1.82, 2.24) is 4.90 Å². The van der Waals surface area contributed by atoms with Crippen LogP contribution in [0.1, 0.15) is 38.8 Å². The topological polar surface area (TPSA) is 38.5 Å². The van der Waals surface area contributed by atoms with E-state index >= 15 is 0 Å². The number of nitrogens with zero attached hydrogens (tertiary/aromatic N) is 1. The molecule has 1 aliphatic rings. The maximum atomic E-state index is 6.47. The summed E-state index contributed by atoms with van der Waals surface area (Å²) in [5, 5.41) is 1.32. The molecule has 2 N–H and O–H groups in total. The lowest BCUT2D eigenvalue weighted by atomic mass is 9.95. The predicted octanol–water partition coefficient (Wildman–Crippen LogP) is 3.30. The van der Waals surface area contributed by atoms with Crippen LogP contribution in [0.5, 0.6) is 5.75 Å². The van der Waals surface area contributed by atoms with Gasteiger partial charge in [0, 0.05) is 29.6 Å². The maximum Gasteiger partial charge on any atom is 0.119 e. The molecule has 0 spiro atoms. The maximum absolute atomic E-state index is 6.47. The summed E-state index contributed by atoms with van der Waals surface area (Å²) >= 11 is 2.08. The summed E-state index contributed by atoms with van der Waals surface area (Å²) in [6.07, 6.45) is 0.980. The average molecular weight is 308 g/mol. The van der Waals surface area contributed by atoms with Crippen molar-refractivity contribution in [2.24, 2.45) is 5.73 Å². The largest absolute Gasteiger partial charge is 0.497 e. The van der Waals surface area contributed by atoms with Crippen molar-refractivity contribution in [3.05, 3.63) is 29.8 Å². The average Bonchev–Trinajstić information content (AvgIpc) is 2.46. The molecule has 1 aromatic rings. The zero-order chi connectivity index (χ0) is 15.4. The van der Waals surface area contributed by atoms with E-state index in [2.05, 4.69) is 55.6 Å². The van der Waals surface area contributed by atoms with Crippen LogP contribution in [0.3, 0.4) is 0 Å². The Morgan fingerprint density at radius 2 is 2.00 bits per heavy atom. The number of nitrogens with two attached hydrogens (primary N) is 1. The van der Waals surface area contributed by atoms with E-state index in [0.717, 1.165) is 25.3 Å². The molecule has 1 aliphatic heterocycles. The minimum Gasteiger partial charge on any atom is -0.497 e. The van der Waals surface area contributed by atoms with Crippen LogP contribution in [0.4, 0.5) is 0 Å². The molecule has 118 valence electrons. The Morgan fingerprint density at radius 1 is 1.33 bits per heavy atom. The Hall–Kier alpha value is -0.710. The lowest BCUT2D eigenvalue weighted by molar-refractivity contribution is 0.167. The molecule has 4 heteroatoms. The fourth-order valence-corrected chi connectivity index (χ4v) is 4.57. The monoisotopic (exact) mass is 308 g/mol. The standard InChI is InChI=1S/C17H28N2OS/c1-5-16(18)17(14-7-6-8-15(9-14)20-4)19-10-12(2)21-13(3)11-19/h6-9,12-13,16-17H,5,10-11,18H2,1-4H3. The van der Waals surface area contributed by atoms with Crippen LogP contribution in [0.25, 0.3) is 0 Å². The molecular weight excluding hydrogens is 280 g/mol. The van der Waals surface area contributed by atoms with E-state index in [1.165, 1.54) is 5.56 Å². The van der Waals surface area contributed by atoms with E-state index in [4.69, 9.17) is 10.5 Å². The van der Waals surface area contributed by atoms with Gasteiger partial charge in [0.1, 0.15) is 5.75 Å². The molecule has 0 aliphatic carbocycles. The van der Waals surface area contributed by atoms with Crippen molar-refractivity contribution in [3.63, 3.8) is 0 Å². The SMILES string of the molecule is CCC(N)C(c1cccc(OC)c1)N1CC(C)SC(C)C1. The number of rotatable bonds is 5. The lowest BCUT2D eigenvalue weighted by Crippen LogP contribution is -2.48. The summed E-state index contributed by atoms with van der Waals surface area (Å²) in [5.74, 6) is 0.910. The van der Waals surface area contributed by atoms with Crippen molar-refractivity contribution < 1.29 is 4.74 Å². The third kappa shape index (κ3) is 4.15. The molecule has 0 aromatic heterocycles. The summed E-state index contributed by atoms with van der Waals surface area (Å²) in [6, 6.07) is 8.80. The van der Waals surface area contributed by atoms with Gasteiger partial charge in [-0.05, 0) is 24.1 Å². The van der Waals surface area contributed by atoms with Gasteiger partial charge >= 0.3 is 0 Å². The summed E-state index contributed by atoms with van der Waals surface area (Å²) in [5.41, 5.74) is 7.75. The van der Waals surface area contributed by atoms with E-state index in [1.54, 1.807) is 7.11 Å². The van der Waals surface area contributed by atoms with Crippen molar-refractivity contribution in [2.75, 3.05) is 20.2 Å². The molecule has 1 heterocycles. The first-order chi connectivity index (χ1) is 10.0. The molecule has 0 saturated carbocycles. The molecule has 4 atom stereocenters. The van der Waals surface area contributed by atoms with Crippen LogP contribution in [-0.2, 0) is 0 Å². The van der Waals surface area contributed by atoms with E-state index < -0.39 is 0 Å². The molecule has 3 nitrogen and oxygen atoms in total. The third-order valence-corrected chi connectivity index (χ3v) is 5.38. The Kier molecular flexibility index (Phi) is 5.97. The van der Waals surface area contributed by atoms with Crippen molar-refractivity contribution in [2.45, 2.75) is 49.8 Å². The number of hydrogen-bond donors (Lipinski definition) is 1. The Morgan fingerprint density at radius 3 is 2.57 bits per heavy atom. The summed E-state index contributed by atoms with van der Waals surface area (Å²) in [4.78, 5) is 2.56. The number of thioether (sulfide) groups is 1. The van der Waals surface area contributed by atoms with Crippen LogP contribution >= 0.6 is 11.8 Å². The first-order valence-corrected chi connectivity index (χ1v) is 8.78. The smallest absolute Gasteiger partial charge is 0.119 e. The van der Waals surface area contributed by atoms with Gasteiger partial charge in [-0.25, -0.2) is 0 Å². The summed E-state index contributed by atoms with van der Waals surface area (Å²) in [6.45, 7) is 9.00. The highest BCUT2D eigenvalue weighted by Gasteiger charge is 2.31. The van der Waals surface area contributed by atoms with Crippen LogP contribution in [0, 0.1) is 0 Å². The van der Waals surface area contributed by atoms with Gasteiger partial charge in [0.15, 0.2) is 0 Å². The number of hydrogen-bond acceptors (Lipinski definition) is 4. The van der Waals surface area contributed by atoms with Gasteiger partial charge in [-0.3, -0.25) is 4.90 Å². The highest BCUT2D eigenvalue weighted by molar-refractivity contribution is 8.00. The normalized spacial score (nSPS) is 26.3. The van der Waals surface area contributed by atoms with E-state index in [9.17, 15) is 0 Å². The Bertz CT molecular complexity index is 444. The van der Waals surface area contributed by atoms with Crippen molar-refractivity contribution in [1.29, 1.82) is 0 Å². The second-order valence-electron chi connectivity index (χ2n) is 6.00. The van der Waals surface area contributed by atoms with Gasteiger partial charge in [0.2, 0.25) is 0 Å². The number of methoxy groups -OCH3 is 1. The Labute approximate surface area is 133 Å². The quantitative estimate of drug-likeness (QED) is 0.906. The second-order valence-corrected chi connectivity index (χ2v) is 7.89. The van der Waals surface area contributed by atoms with Crippen LogP contribution in [0.15, 0.2) is 24.3 Å². The lowest BCUT2D eigenvalue weighted by Gasteiger charge is -2.42. The van der Waals surface area contributed by atoms with Gasteiger partial charge in [-0.1, -0.05) is 32.9 Å². The van der Waals surface area contributed by atoms with Gasteiger partial charge in [0.05, 0.1) is 13.2 Å². The molecule has 1 saturated heterocycles. The number of ether oxygens (including phenoxy) is 1. The molecule has 0 bridgehead atoms. The fourth-order valence-electron chi connectivity index (χ4n) is 3.22. The Balaban J connectivity index is 2.29. The zero-order valence-electron chi connectivity index (χ0n) is 13.6. The highest BCUT2D eigenvalue weighted by Crippen LogP contribution is 2.34. The molecule has 2 rings (SSSR count). The fraction of sp³-hybridized carbons (Fsp3) is 0.647. The van der Waals surface area contributed by atoms with Gasteiger partial charge in [0.25, 0.3) is 0 Å². The van der Waals surface area contributed by atoms with E-state index in [1.807, 2.05) is 6.07 Å². The number of benzene rings is 1. The summed E-state index contributed by atoms with van der Waals surface area (Å²) < 4.78 is 5.38. The molecule has 1 aromatic carbocycles. The second kappa shape index (κ2) is 7.52. The van der Waals surface area contributed by atoms with Crippen LogP contribution in [0.2, 0.25) is 0 Å². The van der Waals surface area contributed by atoms with Crippen LogP contribution < -0.4 is 10.5 Å². The molecule has 0 radical (unpaired) electrons. The van der Waals surface area contributed by atoms with Gasteiger partial charge < -0.3 is 10.5 Å². The van der Waals surface area contributed by atoms with Crippen molar-refractivity contribution >= 4 is 11.8 Å². The summed E-state index contributed by atoms with van der Waals surface area (Å²) in [7, 11) is 1.72. The van der Waals surface area contributed by atoms with Crippen molar-refractivity contribution in [3.8, 4) is 5.75 Å². The molecule has 0 amide bonds. The zero-order valence-corrected chi connectivity index (χ0v) is 14.4. The van der Waals surface area contributed by atoms with E-state index in [0.29, 0.717) is 10.5 Å². The minimum absolute atomic E-state index is 0.152. The van der Waals surface area contributed by atoms with E-state index in [-0.39, 0.29) is 12.1 Å². The van der Waals surface area contributed by atoms with Crippen LogP contribution in [-0.4, -0.2) is 41.6 Å². The molecule has 1 fully saturated rings. The first-order valence-electron chi connectivity index (χ1n) is 7.84. The third-order valence-electron chi connectivity index (χ3n) is 4.15. The minimum atomic E-state index is 0.152. The first kappa shape index (κ1) is 16.7. The van der Waals surface area contributed by atoms with Gasteiger partial charge in [-0.15, -0.1) is 0 Å². The predicted molar refractivity (Wildman–Crippen MR) is 92.1 cm³/mol.